The van der Waals surface area contributed by atoms with Gasteiger partial charge in [-0.3, -0.25) is 4.79 Å². The maximum atomic E-state index is 11.7. The first-order valence-corrected chi connectivity index (χ1v) is 6.75. The lowest BCUT2D eigenvalue weighted by atomic mass is 10.1. The van der Waals surface area contributed by atoms with Crippen LogP contribution in [0.3, 0.4) is 0 Å². The van der Waals surface area contributed by atoms with Gasteiger partial charge in [-0.05, 0) is 32.9 Å². The molecule has 0 saturated carbocycles. The van der Waals surface area contributed by atoms with Gasteiger partial charge in [-0.15, -0.1) is 10.2 Å². The summed E-state index contributed by atoms with van der Waals surface area (Å²) in [5.74, 6) is 0.655. The highest BCUT2D eigenvalue weighted by Crippen LogP contribution is 2.06. The number of nitrogens with one attached hydrogen (secondary N) is 2. The van der Waals surface area contributed by atoms with E-state index in [0.29, 0.717) is 6.54 Å². The maximum absolute atomic E-state index is 11.7. The molecule has 2 rings (SSSR count). The maximum Gasteiger partial charge on any atom is 0.246 e. The Hall–Kier alpha value is -1.47. The lowest BCUT2D eigenvalue weighted by Crippen LogP contribution is -2.35. The fourth-order valence-corrected chi connectivity index (χ4v) is 2.06. The Morgan fingerprint density at radius 1 is 1.58 bits per heavy atom. The normalized spacial score (nSPS) is 16.5. The summed E-state index contributed by atoms with van der Waals surface area (Å²) in [7, 11) is 0. The fourth-order valence-electron chi connectivity index (χ4n) is 2.06. The molecule has 7 nitrogen and oxygen atoms in total. The van der Waals surface area contributed by atoms with Crippen molar-refractivity contribution in [3.8, 4) is 0 Å². The molecule has 0 spiro atoms. The molecule has 1 aliphatic heterocycles. The van der Waals surface area contributed by atoms with Gasteiger partial charge in [-0.25, -0.2) is 0 Å². The molecule has 1 amide bonds. The predicted molar refractivity (Wildman–Crippen MR) is 69.4 cm³/mol. The van der Waals surface area contributed by atoms with E-state index < -0.39 is 0 Å². The molecule has 0 aromatic carbocycles. The van der Waals surface area contributed by atoms with Crippen LogP contribution in [-0.2, 0) is 22.6 Å². The highest BCUT2D eigenvalue weighted by atomic mass is 16.5. The number of carbonyl (C=O) groups excluding carboxylic acids is 1. The molecule has 1 aromatic rings. The highest BCUT2D eigenvalue weighted by molar-refractivity contribution is 5.77. The molecule has 1 aromatic heterocycles. The van der Waals surface area contributed by atoms with Crippen LogP contribution in [-0.4, -0.2) is 46.5 Å². The van der Waals surface area contributed by atoms with E-state index >= 15 is 0 Å². The molecule has 19 heavy (non-hydrogen) atoms. The summed E-state index contributed by atoms with van der Waals surface area (Å²) in [5.41, 5.74) is 0. The molecule has 0 unspecified atom stereocenters. The second-order valence-corrected chi connectivity index (χ2v) is 4.57. The van der Waals surface area contributed by atoms with Gasteiger partial charge in [0.25, 0.3) is 0 Å². The van der Waals surface area contributed by atoms with Crippen LogP contribution in [0, 0.1) is 0 Å². The van der Waals surface area contributed by atoms with Crippen LogP contribution in [0.1, 0.15) is 25.6 Å². The monoisotopic (exact) mass is 267 g/mol. The average Bonchev–Trinajstić information content (AvgIpc) is 2.91. The number of ether oxygens (including phenoxy) is 1. The van der Waals surface area contributed by atoms with E-state index in [-0.39, 0.29) is 18.6 Å². The number of amides is 1. The number of hydrogen-bond acceptors (Lipinski definition) is 5. The Labute approximate surface area is 112 Å². The zero-order valence-electron chi connectivity index (χ0n) is 11.3. The van der Waals surface area contributed by atoms with Crippen molar-refractivity contribution in [3.05, 3.63) is 12.2 Å². The SMILES string of the molecule is CCn1cnnc1CNC(=O)COC1CCNCC1. The molecule has 1 fully saturated rings. The number of piperidine rings is 1. The first kappa shape index (κ1) is 14.0. The van der Waals surface area contributed by atoms with Crippen LogP contribution in [0.2, 0.25) is 0 Å². The minimum Gasteiger partial charge on any atom is -0.368 e. The van der Waals surface area contributed by atoms with E-state index in [9.17, 15) is 4.79 Å². The molecular formula is C12H21N5O2. The molecule has 0 bridgehead atoms. The third-order valence-corrected chi connectivity index (χ3v) is 3.22. The van der Waals surface area contributed by atoms with Crippen molar-refractivity contribution in [1.29, 1.82) is 0 Å². The minimum atomic E-state index is -0.107. The Morgan fingerprint density at radius 2 is 2.37 bits per heavy atom. The van der Waals surface area contributed by atoms with Crippen molar-refractivity contribution in [1.82, 2.24) is 25.4 Å². The summed E-state index contributed by atoms with van der Waals surface area (Å²) in [6, 6.07) is 0. The topological polar surface area (TPSA) is 81.1 Å². The number of nitrogens with zero attached hydrogens (tertiary/aromatic N) is 3. The Bertz CT molecular complexity index is 401. The van der Waals surface area contributed by atoms with E-state index in [1.54, 1.807) is 6.33 Å². The Kier molecular flexibility index (Phi) is 5.29. The summed E-state index contributed by atoms with van der Waals surface area (Å²) >= 11 is 0. The lowest BCUT2D eigenvalue weighted by Gasteiger charge is -2.22. The second-order valence-electron chi connectivity index (χ2n) is 4.57. The number of carbonyl (C=O) groups is 1. The molecule has 0 aliphatic carbocycles. The number of aryl methyl sites for hydroxylation is 1. The Morgan fingerprint density at radius 3 is 3.11 bits per heavy atom. The molecule has 2 N–H and O–H groups in total. The van der Waals surface area contributed by atoms with Gasteiger partial charge < -0.3 is 19.9 Å². The van der Waals surface area contributed by atoms with Crippen LogP contribution in [0.5, 0.6) is 0 Å². The van der Waals surface area contributed by atoms with Crippen LogP contribution >= 0.6 is 0 Å². The van der Waals surface area contributed by atoms with E-state index in [4.69, 9.17) is 4.74 Å². The molecule has 1 aliphatic rings. The van der Waals surface area contributed by atoms with Crippen molar-refractivity contribution in [3.63, 3.8) is 0 Å². The zero-order chi connectivity index (χ0) is 13.5. The molecule has 1 saturated heterocycles. The summed E-state index contributed by atoms with van der Waals surface area (Å²) in [6.45, 7) is 5.24. The first-order valence-electron chi connectivity index (χ1n) is 6.75. The quantitative estimate of drug-likeness (QED) is 0.738. The van der Waals surface area contributed by atoms with E-state index in [1.165, 1.54) is 0 Å². The summed E-state index contributed by atoms with van der Waals surface area (Å²) in [5, 5.41) is 13.8. The summed E-state index contributed by atoms with van der Waals surface area (Å²) in [4.78, 5) is 11.7. The first-order chi connectivity index (χ1) is 9.29. The third-order valence-electron chi connectivity index (χ3n) is 3.22. The van der Waals surface area contributed by atoms with Crippen LogP contribution in [0.15, 0.2) is 6.33 Å². The van der Waals surface area contributed by atoms with Crippen molar-refractivity contribution >= 4 is 5.91 Å². The van der Waals surface area contributed by atoms with Crippen molar-refractivity contribution < 1.29 is 9.53 Å². The Balaban J connectivity index is 1.66. The van der Waals surface area contributed by atoms with Crippen molar-refractivity contribution in [2.24, 2.45) is 0 Å². The third kappa shape index (κ3) is 4.29. The van der Waals surface area contributed by atoms with Gasteiger partial charge in [0.2, 0.25) is 5.91 Å². The average molecular weight is 267 g/mol. The molecule has 0 atom stereocenters. The van der Waals surface area contributed by atoms with Crippen LogP contribution in [0.4, 0.5) is 0 Å². The summed E-state index contributed by atoms with van der Waals surface area (Å²) < 4.78 is 7.47. The molecule has 106 valence electrons. The fraction of sp³-hybridized carbons (Fsp3) is 0.750. The van der Waals surface area contributed by atoms with Crippen molar-refractivity contribution in [2.45, 2.75) is 39.0 Å². The molecule has 0 radical (unpaired) electrons. The molecule has 7 heteroatoms. The van der Waals surface area contributed by atoms with Crippen LogP contribution < -0.4 is 10.6 Å². The van der Waals surface area contributed by atoms with Gasteiger partial charge in [0.15, 0.2) is 5.82 Å². The van der Waals surface area contributed by atoms with Gasteiger partial charge >= 0.3 is 0 Å². The predicted octanol–water partition coefficient (Wildman–Crippen LogP) is -0.317. The largest absolute Gasteiger partial charge is 0.368 e. The second kappa shape index (κ2) is 7.20. The van der Waals surface area contributed by atoms with Crippen LogP contribution in [0.25, 0.3) is 0 Å². The van der Waals surface area contributed by atoms with E-state index in [1.807, 2.05) is 11.5 Å². The van der Waals surface area contributed by atoms with Gasteiger partial charge in [-0.2, -0.15) is 0 Å². The minimum absolute atomic E-state index is 0.107. The smallest absolute Gasteiger partial charge is 0.246 e. The van der Waals surface area contributed by atoms with E-state index in [2.05, 4.69) is 20.8 Å². The standard InChI is InChI=1S/C12H21N5O2/c1-2-17-9-15-16-11(17)7-14-12(18)8-19-10-3-5-13-6-4-10/h9-10,13H,2-8H2,1H3,(H,14,18). The molecule has 2 heterocycles. The lowest BCUT2D eigenvalue weighted by molar-refractivity contribution is -0.128. The van der Waals surface area contributed by atoms with Crippen molar-refractivity contribution in [2.75, 3.05) is 19.7 Å². The van der Waals surface area contributed by atoms with Gasteiger partial charge in [0.1, 0.15) is 12.9 Å². The summed E-state index contributed by atoms with van der Waals surface area (Å²) in [6.07, 6.45) is 3.80. The highest BCUT2D eigenvalue weighted by Gasteiger charge is 2.15. The van der Waals surface area contributed by atoms with Gasteiger partial charge in [0, 0.05) is 6.54 Å². The zero-order valence-corrected chi connectivity index (χ0v) is 11.3. The van der Waals surface area contributed by atoms with Gasteiger partial charge in [0.05, 0.1) is 12.6 Å². The van der Waals surface area contributed by atoms with Gasteiger partial charge in [-0.1, -0.05) is 0 Å². The number of aromatic nitrogens is 3. The molecular weight excluding hydrogens is 246 g/mol. The number of rotatable bonds is 6. The number of hydrogen-bond donors (Lipinski definition) is 2. The van der Waals surface area contributed by atoms with E-state index in [0.717, 1.165) is 38.3 Å².